The monoisotopic (exact) mass is 411 g/mol. The Hall–Kier alpha value is -1.20. The molecule has 0 N–H and O–H groups in total. The number of benzene rings is 1. The third-order valence-corrected chi connectivity index (χ3v) is 6.15. The van der Waals surface area contributed by atoms with Gasteiger partial charge in [0, 0.05) is 22.8 Å². The maximum atomic E-state index is 13.2. The first kappa shape index (κ1) is 22.1. The average Bonchev–Trinajstić information content (AvgIpc) is 2.98. The van der Waals surface area contributed by atoms with Crippen molar-refractivity contribution in [2.75, 3.05) is 12.4 Å². The number of hydrogen-bond acceptors (Lipinski definition) is 4. The molecule has 0 spiro atoms. The second kappa shape index (κ2) is 9.33. The van der Waals surface area contributed by atoms with E-state index in [4.69, 9.17) is 16.3 Å². The minimum Gasteiger partial charge on any atom is -0.464 e. The van der Waals surface area contributed by atoms with E-state index < -0.39 is 6.04 Å². The van der Waals surface area contributed by atoms with Gasteiger partial charge in [0.15, 0.2) is 0 Å². The Morgan fingerprint density at radius 2 is 2.00 bits per heavy atom. The van der Waals surface area contributed by atoms with Crippen LogP contribution in [-0.4, -0.2) is 35.2 Å². The number of halogens is 1. The average molecular weight is 412 g/mol. The SMILES string of the molecule is CCOC(=O)[C@@H]1CS[C@H](c2ccccc2Cl)N1C(=O)C[C@@H](C)CC(C)(C)C. The fraction of sp³-hybridized carbons (Fsp3) is 0.619. The molecule has 1 aromatic rings. The summed E-state index contributed by atoms with van der Waals surface area (Å²) >= 11 is 7.96. The normalized spacial score (nSPS) is 21.2. The first-order valence-corrected chi connectivity index (χ1v) is 10.9. The summed E-state index contributed by atoms with van der Waals surface area (Å²) in [7, 11) is 0. The lowest BCUT2D eigenvalue weighted by Gasteiger charge is -2.31. The number of amides is 1. The summed E-state index contributed by atoms with van der Waals surface area (Å²) in [6.07, 6.45) is 1.36. The lowest BCUT2D eigenvalue weighted by Crippen LogP contribution is -2.44. The van der Waals surface area contributed by atoms with E-state index >= 15 is 0 Å². The Morgan fingerprint density at radius 1 is 1.33 bits per heavy atom. The Balaban J connectivity index is 2.26. The van der Waals surface area contributed by atoms with Gasteiger partial charge in [0.1, 0.15) is 11.4 Å². The van der Waals surface area contributed by atoms with Gasteiger partial charge in [-0.25, -0.2) is 4.79 Å². The molecule has 0 unspecified atom stereocenters. The smallest absolute Gasteiger partial charge is 0.329 e. The van der Waals surface area contributed by atoms with Gasteiger partial charge in [-0.15, -0.1) is 11.8 Å². The third kappa shape index (κ3) is 5.89. The molecule has 1 heterocycles. The van der Waals surface area contributed by atoms with E-state index in [2.05, 4.69) is 27.7 Å². The molecule has 2 rings (SSSR count). The lowest BCUT2D eigenvalue weighted by atomic mass is 9.84. The highest BCUT2D eigenvalue weighted by Gasteiger charge is 2.43. The van der Waals surface area contributed by atoms with Crippen LogP contribution in [0.1, 0.15) is 58.4 Å². The number of carbonyl (C=O) groups excluding carboxylic acids is 2. The number of rotatable bonds is 6. The Bertz CT molecular complexity index is 674. The molecule has 1 aliphatic heterocycles. The molecule has 3 atom stereocenters. The number of nitrogens with zero attached hydrogens (tertiary/aromatic N) is 1. The molecule has 0 aromatic heterocycles. The highest BCUT2D eigenvalue weighted by Crippen LogP contribution is 2.44. The molecule has 1 aromatic carbocycles. The van der Waals surface area contributed by atoms with Gasteiger partial charge >= 0.3 is 5.97 Å². The third-order valence-electron chi connectivity index (χ3n) is 4.50. The van der Waals surface area contributed by atoms with Gasteiger partial charge in [-0.05, 0) is 30.7 Å². The van der Waals surface area contributed by atoms with E-state index in [1.807, 2.05) is 24.3 Å². The first-order valence-electron chi connectivity index (χ1n) is 9.48. The molecule has 1 fully saturated rings. The summed E-state index contributed by atoms with van der Waals surface area (Å²) in [5, 5.41) is 0.350. The van der Waals surface area contributed by atoms with Crippen molar-refractivity contribution in [3.8, 4) is 0 Å². The van der Waals surface area contributed by atoms with Crippen LogP contribution in [0, 0.1) is 11.3 Å². The van der Waals surface area contributed by atoms with Gasteiger partial charge in [-0.1, -0.05) is 57.5 Å². The van der Waals surface area contributed by atoms with Crippen molar-refractivity contribution in [3.05, 3.63) is 34.9 Å². The molecule has 27 heavy (non-hydrogen) atoms. The number of thioether (sulfide) groups is 1. The van der Waals surface area contributed by atoms with Crippen LogP contribution in [0.4, 0.5) is 0 Å². The van der Waals surface area contributed by atoms with E-state index in [0.29, 0.717) is 23.8 Å². The van der Waals surface area contributed by atoms with E-state index in [9.17, 15) is 9.59 Å². The molecule has 0 bridgehead atoms. The van der Waals surface area contributed by atoms with Crippen molar-refractivity contribution in [1.29, 1.82) is 0 Å². The number of carbonyl (C=O) groups is 2. The summed E-state index contributed by atoms with van der Waals surface area (Å²) in [6, 6.07) is 6.95. The van der Waals surface area contributed by atoms with Crippen molar-refractivity contribution in [2.45, 2.75) is 58.9 Å². The van der Waals surface area contributed by atoms with Crippen LogP contribution in [0.15, 0.2) is 24.3 Å². The van der Waals surface area contributed by atoms with Crippen molar-refractivity contribution in [2.24, 2.45) is 11.3 Å². The summed E-state index contributed by atoms with van der Waals surface area (Å²) < 4.78 is 5.23. The zero-order chi connectivity index (χ0) is 20.2. The second-order valence-electron chi connectivity index (χ2n) is 8.35. The topological polar surface area (TPSA) is 46.6 Å². The molecule has 150 valence electrons. The number of esters is 1. The van der Waals surface area contributed by atoms with Crippen LogP contribution in [0.3, 0.4) is 0 Å². The summed E-state index contributed by atoms with van der Waals surface area (Å²) in [6.45, 7) is 10.7. The summed E-state index contributed by atoms with van der Waals surface area (Å²) in [4.78, 5) is 27.4. The molecule has 1 amide bonds. The molecule has 6 heteroatoms. The fourth-order valence-corrected chi connectivity index (χ4v) is 5.44. The zero-order valence-corrected chi connectivity index (χ0v) is 18.4. The van der Waals surface area contributed by atoms with Gasteiger partial charge in [0.2, 0.25) is 5.91 Å². The van der Waals surface area contributed by atoms with Crippen LogP contribution in [0.25, 0.3) is 0 Å². The largest absolute Gasteiger partial charge is 0.464 e. The van der Waals surface area contributed by atoms with Gasteiger partial charge in [-0.2, -0.15) is 0 Å². The predicted molar refractivity (Wildman–Crippen MR) is 112 cm³/mol. The van der Waals surface area contributed by atoms with Gasteiger partial charge in [0.25, 0.3) is 0 Å². The van der Waals surface area contributed by atoms with Crippen LogP contribution in [-0.2, 0) is 14.3 Å². The molecule has 0 radical (unpaired) electrons. The van der Waals surface area contributed by atoms with Gasteiger partial charge in [0.05, 0.1) is 6.61 Å². The molecular weight excluding hydrogens is 382 g/mol. The van der Waals surface area contributed by atoms with E-state index in [1.165, 1.54) is 0 Å². The van der Waals surface area contributed by atoms with E-state index in [1.54, 1.807) is 23.6 Å². The van der Waals surface area contributed by atoms with Gasteiger partial charge < -0.3 is 9.64 Å². The Labute approximate surface area is 172 Å². The summed E-state index contributed by atoms with van der Waals surface area (Å²) in [5.74, 6) is 0.405. The lowest BCUT2D eigenvalue weighted by molar-refractivity contribution is -0.154. The Morgan fingerprint density at radius 3 is 2.59 bits per heavy atom. The highest BCUT2D eigenvalue weighted by atomic mass is 35.5. The van der Waals surface area contributed by atoms with E-state index in [-0.39, 0.29) is 28.6 Å². The number of hydrogen-bond donors (Lipinski definition) is 0. The maximum absolute atomic E-state index is 13.2. The maximum Gasteiger partial charge on any atom is 0.329 e. The van der Waals surface area contributed by atoms with Crippen molar-refractivity contribution >= 4 is 35.2 Å². The minimum atomic E-state index is -0.564. The minimum absolute atomic E-state index is 0.0141. The quantitative estimate of drug-likeness (QED) is 0.595. The second-order valence-corrected chi connectivity index (χ2v) is 9.87. The fourth-order valence-electron chi connectivity index (χ4n) is 3.67. The molecule has 1 saturated heterocycles. The zero-order valence-electron chi connectivity index (χ0n) is 16.8. The molecule has 4 nitrogen and oxygen atoms in total. The van der Waals surface area contributed by atoms with Crippen molar-refractivity contribution in [3.63, 3.8) is 0 Å². The molecular formula is C21H30ClNO3S. The summed E-state index contributed by atoms with van der Waals surface area (Å²) in [5.41, 5.74) is 1.02. The van der Waals surface area contributed by atoms with Crippen LogP contribution in [0.2, 0.25) is 5.02 Å². The van der Waals surface area contributed by atoms with Crippen molar-refractivity contribution in [1.82, 2.24) is 4.90 Å². The molecule has 0 aliphatic carbocycles. The van der Waals surface area contributed by atoms with Crippen LogP contribution >= 0.6 is 23.4 Å². The highest BCUT2D eigenvalue weighted by molar-refractivity contribution is 7.99. The number of ether oxygens (including phenoxy) is 1. The van der Waals surface area contributed by atoms with Crippen LogP contribution in [0.5, 0.6) is 0 Å². The van der Waals surface area contributed by atoms with E-state index in [0.717, 1.165) is 12.0 Å². The van der Waals surface area contributed by atoms with Crippen LogP contribution < -0.4 is 0 Å². The van der Waals surface area contributed by atoms with Crippen molar-refractivity contribution < 1.29 is 14.3 Å². The molecule has 1 aliphatic rings. The standard InChI is InChI=1S/C21H30ClNO3S/c1-6-26-20(25)17-13-27-19(15-9-7-8-10-16(15)22)23(17)18(24)11-14(2)12-21(3,4)5/h7-10,14,17,19H,6,11-13H2,1-5H3/t14-,17+,19-/m1/s1. The molecule has 0 saturated carbocycles. The predicted octanol–water partition coefficient (Wildman–Crippen LogP) is 5.31. The Kier molecular flexibility index (Phi) is 7.64. The van der Waals surface area contributed by atoms with Gasteiger partial charge in [-0.3, -0.25) is 4.79 Å². The first-order chi connectivity index (χ1) is 12.6.